The summed E-state index contributed by atoms with van der Waals surface area (Å²) in [5.41, 5.74) is 0. The Morgan fingerprint density at radius 3 is 0.968 bits per heavy atom. The summed E-state index contributed by atoms with van der Waals surface area (Å²) in [6.07, 6.45) is 68.2. The Hall–Kier alpha value is -1.88. The van der Waals surface area contributed by atoms with Gasteiger partial charge in [0.15, 0.2) is 6.10 Å². The highest BCUT2D eigenvalue weighted by Gasteiger charge is 2.16. The average Bonchev–Trinajstić information content (AvgIpc) is 3.28. The molecule has 0 aliphatic carbocycles. The highest BCUT2D eigenvalue weighted by Crippen LogP contribution is 2.16. The van der Waals surface area contributed by atoms with Crippen LogP contribution in [0.3, 0.4) is 0 Å². The maximum Gasteiger partial charge on any atom is 0.306 e. The van der Waals surface area contributed by atoms with Crippen LogP contribution in [0.15, 0.2) is 36.5 Å². The summed E-state index contributed by atoms with van der Waals surface area (Å²) < 4.78 is 10.7. The Bertz CT molecular complexity index is 986. The van der Waals surface area contributed by atoms with Crippen molar-refractivity contribution in [3.8, 4) is 0 Å². The van der Waals surface area contributed by atoms with Crippen LogP contribution in [0.4, 0.5) is 0 Å². The third-order valence-electron chi connectivity index (χ3n) is 12.4. The maximum absolute atomic E-state index is 12.3. The first-order chi connectivity index (χ1) is 30.6. The molecular formula is C57H106O5. The molecule has 62 heavy (non-hydrogen) atoms. The maximum atomic E-state index is 12.3. The Morgan fingerprint density at radius 2 is 0.645 bits per heavy atom. The van der Waals surface area contributed by atoms with E-state index in [-0.39, 0.29) is 25.2 Å². The summed E-state index contributed by atoms with van der Waals surface area (Å²) in [5, 5.41) is 9.64. The molecule has 1 N–H and O–H groups in total. The van der Waals surface area contributed by atoms with E-state index in [1.54, 1.807) is 0 Å². The molecule has 0 amide bonds. The van der Waals surface area contributed by atoms with Gasteiger partial charge in [-0.25, -0.2) is 0 Å². The molecule has 0 fully saturated rings. The van der Waals surface area contributed by atoms with Crippen LogP contribution in [0.25, 0.3) is 0 Å². The standard InChI is InChI=1S/C57H106O5/c1-3-5-7-9-11-13-15-17-19-21-23-25-27-28-30-31-33-35-37-39-41-43-45-47-49-51-56(59)61-54-55(53-58)62-57(60)52-50-48-46-44-42-40-38-36-34-32-29-26-24-22-20-18-16-14-12-10-8-6-4-2/h16,18,21-24,55,58H,3-15,17,19-20,25-54H2,1-2H3/b18-16-,23-21-,24-22-. The summed E-state index contributed by atoms with van der Waals surface area (Å²) in [6.45, 7) is 4.17. The van der Waals surface area contributed by atoms with Crippen molar-refractivity contribution >= 4 is 11.9 Å². The van der Waals surface area contributed by atoms with Gasteiger partial charge in [-0.3, -0.25) is 9.59 Å². The highest BCUT2D eigenvalue weighted by atomic mass is 16.6. The smallest absolute Gasteiger partial charge is 0.306 e. The number of aliphatic hydroxyl groups is 1. The van der Waals surface area contributed by atoms with Crippen molar-refractivity contribution in [2.24, 2.45) is 0 Å². The molecule has 0 bridgehead atoms. The quantitative estimate of drug-likeness (QED) is 0.0374. The second kappa shape index (κ2) is 53.5. The molecule has 0 heterocycles. The molecule has 0 rings (SSSR count). The van der Waals surface area contributed by atoms with Crippen LogP contribution >= 0.6 is 0 Å². The number of hydrogen-bond acceptors (Lipinski definition) is 5. The highest BCUT2D eigenvalue weighted by molar-refractivity contribution is 5.70. The zero-order valence-corrected chi connectivity index (χ0v) is 41.6. The molecule has 0 aliphatic rings. The minimum absolute atomic E-state index is 0.0634. The predicted octanol–water partition coefficient (Wildman–Crippen LogP) is 18.3. The molecule has 0 aromatic heterocycles. The summed E-state index contributed by atoms with van der Waals surface area (Å²) in [7, 11) is 0. The second-order valence-corrected chi connectivity index (χ2v) is 18.7. The first-order valence-electron chi connectivity index (χ1n) is 27.5. The third-order valence-corrected chi connectivity index (χ3v) is 12.4. The van der Waals surface area contributed by atoms with Gasteiger partial charge < -0.3 is 14.6 Å². The molecule has 0 saturated carbocycles. The number of esters is 2. The van der Waals surface area contributed by atoms with E-state index in [0.29, 0.717) is 12.8 Å². The van der Waals surface area contributed by atoms with E-state index in [0.717, 1.165) is 44.9 Å². The Morgan fingerprint density at radius 1 is 0.371 bits per heavy atom. The fraction of sp³-hybridized carbons (Fsp3) is 0.860. The molecule has 0 radical (unpaired) electrons. The molecular weight excluding hydrogens is 765 g/mol. The summed E-state index contributed by atoms with van der Waals surface area (Å²) >= 11 is 0. The van der Waals surface area contributed by atoms with E-state index < -0.39 is 6.10 Å². The number of ether oxygens (including phenoxy) is 2. The largest absolute Gasteiger partial charge is 0.462 e. The lowest BCUT2D eigenvalue weighted by molar-refractivity contribution is -0.161. The van der Waals surface area contributed by atoms with Gasteiger partial charge in [-0.2, -0.15) is 0 Å². The third kappa shape index (κ3) is 50.8. The van der Waals surface area contributed by atoms with Gasteiger partial charge in [0.05, 0.1) is 6.61 Å². The molecule has 1 atom stereocenters. The monoisotopic (exact) mass is 871 g/mol. The van der Waals surface area contributed by atoms with Crippen LogP contribution in [-0.2, 0) is 19.1 Å². The van der Waals surface area contributed by atoms with Gasteiger partial charge in [0.2, 0.25) is 0 Å². The lowest BCUT2D eigenvalue weighted by atomic mass is 10.0. The van der Waals surface area contributed by atoms with Gasteiger partial charge in [-0.15, -0.1) is 0 Å². The molecule has 0 aliphatic heterocycles. The molecule has 0 aromatic rings. The zero-order valence-electron chi connectivity index (χ0n) is 41.6. The van der Waals surface area contributed by atoms with Crippen molar-refractivity contribution < 1.29 is 24.2 Å². The van der Waals surface area contributed by atoms with Crippen molar-refractivity contribution in [3.63, 3.8) is 0 Å². The van der Waals surface area contributed by atoms with E-state index in [2.05, 4.69) is 50.3 Å². The SMILES string of the molecule is CCCCCCC/C=C\C/C=C\CCCCCCCCCCCCCC(=O)OC(CO)COC(=O)CCCCCCCCCCCCCCC/C=C\CCCCCCCCCC. The molecule has 0 aromatic carbocycles. The molecule has 5 heteroatoms. The van der Waals surface area contributed by atoms with Gasteiger partial charge in [0, 0.05) is 12.8 Å². The Kier molecular flexibility index (Phi) is 51.8. The van der Waals surface area contributed by atoms with Crippen LogP contribution < -0.4 is 0 Å². The summed E-state index contributed by atoms with van der Waals surface area (Å²) in [4.78, 5) is 24.5. The van der Waals surface area contributed by atoms with Crippen LogP contribution in [0.1, 0.15) is 296 Å². The van der Waals surface area contributed by atoms with Gasteiger partial charge >= 0.3 is 11.9 Å². The van der Waals surface area contributed by atoms with Crippen molar-refractivity contribution in [1.82, 2.24) is 0 Å². The zero-order chi connectivity index (χ0) is 44.9. The Labute approximate surface area is 386 Å². The number of carbonyl (C=O) groups excluding carboxylic acids is 2. The molecule has 0 saturated heterocycles. The second-order valence-electron chi connectivity index (χ2n) is 18.7. The molecule has 5 nitrogen and oxygen atoms in total. The first kappa shape index (κ1) is 60.1. The van der Waals surface area contributed by atoms with E-state index in [4.69, 9.17) is 9.47 Å². The van der Waals surface area contributed by atoms with E-state index in [1.807, 2.05) is 0 Å². The minimum atomic E-state index is -0.772. The van der Waals surface area contributed by atoms with Gasteiger partial charge in [0.25, 0.3) is 0 Å². The molecule has 1 unspecified atom stereocenters. The number of aliphatic hydroxyl groups excluding tert-OH is 1. The lowest BCUT2D eigenvalue weighted by Gasteiger charge is -2.15. The number of allylic oxidation sites excluding steroid dienone is 6. The van der Waals surface area contributed by atoms with Crippen molar-refractivity contribution in [2.75, 3.05) is 13.2 Å². The number of carbonyl (C=O) groups is 2. The van der Waals surface area contributed by atoms with Crippen LogP contribution in [0, 0.1) is 0 Å². The number of rotatable bonds is 51. The van der Waals surface area contributed by atoms with Crippen LogP contribution in [-0.4, -0.2) is 36.4 Å². The van der Waals surface area contributed by atoms with Crippen molar-refractivity contribution in [1.29, 1.82) is 0 Å². The van der Waals surface area contributed by atoms with Crippen LogP contribution in [0.5, 0.6) is 0 Å². The Balaban J connectivity index is 3.46. The number of unbranched alkanes of at least 4 members (excludes halogenated alkanes) is 37. The van der Waals surface area contributed by atoms with E-state index >= 15 is 0 Å². The normalized spacial score (nSPS) is 12.4. The topological polar surface area (TPSA) is 72.8 Å². The first-order valence-corrected chi connectivity index (χ1v) is 27.5. The summed E-state index contributed by atoms with van der Waals surface area (Å²) in [6, 6.07) is 0. The van der Waals surface area contributed by atoms with Gasteiger partial charge in [-0.1, -0.05) is 249 Å². The van der Waals surface area contributed by atoms with Crippen molar-refractivity contribution in [3.05, 3.63) is 36.5 Å². The number of hydrogen-bond donors (Lipinski definition) is 1. The fourth-order valence-corrected chi connectivity index (χ4v) is 8.23. The van der Waals surface area contributed by atoms with Gasteiger partial charge in [0.1, 0.15) is 6.61 Å². The van der Waals surface area contributed by atoms with Gasteiger partial charge in [-0.05, 0) is 70.6 Å². The fourth-order valence-electron chi connectivity index (χ4n) is 8.23. The summed E-state index contributed by atoms with van der Waals surface area (Å²) in [5.74, 6) is -0.579. The minimum Gasteiger partial charge on any atom is -0.462 e. The molecule has 364 valence electrons. The molecule has 0 spiro atoms. The van der Waals surface area contributed by atoms with Crippen molar-refractivity contribution in [2.45, 2.75) is 302 Å². The van der Waals surface area contributed by atoms with E-state index in [1.165, 1.54) is 225 Å². The lowest BCUT2D eigenvalue weighted by Crippen LogP contribution is -2.28. The predicted molar refractivity (Wildman–Crippen MR) is 270 cm³/mol. The van der Waals surface area contributed by atoms with Crippen LogP contribution in [0.2, 0.25) is 0 Å². The average molecular weight is 871 g/mol. The van der Waals surface area contributed by atoms with E-state index in [9.17, 15) is 14.7 Å².